The minimum absolute atomic E-state index is 0.0479. The van der Waals surface area contributed by atoms with E-state index in [1.807, 2.05) is 35.9 Å². The summed E-state index contributed by atoms with van der Waals surface area (Å²) >= 11 is 0. The van der Waals surface area contributed by atoms with Gasteiger partial charge in [-0.1, -0.05) is 31.4 Å². The summed E-state index contributed by atoms with van der Waals surface area (Å²) in [7, 11) is 1.86. The van der Waals surface area contributed by atoms with Gasteiger partial charge in [-0.05, 0) is 25.0 Å². The van der Waals surface area contributed by atoms with Gasteiger partial charge in [0.2, 0.25) is 0 Å². The fourth-order valence-corrected chi connectivity index (χ4v) is 4.68. The zero-order valence-electron chi connectivity index (χ0n) is 14.5. The molecule has 3 aromatic rings. The van der Waals surface area contributed by atoms with Crippen LogP contribution in [0.5, 0.6) is 0 Å². The first kappa shape index (κ1) is 15.2. The van der Waals surface area contributed by atoms with Gasteiger partial charge in [-0.25, -0.2) is 0 Å². The largest absolute Gasteiger partial charge is 0.328 e. The lowest BCUT2D eigenvalue weighted by atomic mass is 9.94. The summed E-state index contributed by atoms with van der Waals surface area (Å²) in [6.45, 7) is 0. The molecule has 5 rings (SSSR count). The maximum atomic E-state index is 13.3. The third-order valence-electron chi connectivity index (χ3n) is 5.85. The van der Waals surface area contributed by atoms with Crippen LogP contribution in [-0.4, -0.2) is 31.7 Å². The van der Waals surface area contributed by atoms with Gasteiger partial charge < -0.3 is 4.57 Å². The number of nitrogens with zero attached hydrogens (tertiary/aromatic N) is 4. The first-order valence-corrected chi connectivity index (χ1v) is 9.05. The van der Waals surface area contributed by atoms with E-state index in [1.165, 1.54) is 4.90 Å². The van der Waals surface area contributed by atoms with Crippen molar-refractivity contribution in [1.29, 1.82) is 5.26 Å². The standard InChI is InChI=1S/C20H18N4O2/c1-22-14-9-5-6-10-15(14)24-17-16(13(11-21)18(22)24)19(25)23(20(17)26)12-7-3-2-4-8-12/h5-6,9-10,12H,2-4,7-8H2,1H3. The molecule has 1 aromatic carbocycles. The molecule has 3 heterocycles. The Morgan fingerprint density at radius 3 is 2.42 bits per heavy atom. The lowest BCUT2D eigenvalue weighted by Gasteiger charge is -2.29. The number of hydrogen-bond donors (Lipinski definition) is 0. The molecule has 6 nitrogen and oxygen atoms in total. The number of amides is 2. The molecule has 6 heteroatoms. The molecular formula is C20H18N4O2. The minimum Gasteiger partial charge on any atom is -0.328 e. The van der Waals surface area contributed by atoms with Crippen molar-refractivity contribution in [3.63, 3.8) is 0 Å². The number of benzene rings is 1. The van der Waals surface area contributed by atoms with Crippen LogP contribution in [0.25, 0.3) is 16.7 Å². The zero-order chi connectivity index (χ0) is 18.0. The Morgan fingerprint density at radius 1 is 1.04 bits per heavy atom. The van der Waals surface area contributed by atoms with E-state index in [9.17, 15) is 14.9 Å². The van der Waals surface area contributed by atoms with Crippen LogP contribution in [0.4, 0.5) is 0 Å². The molecule has 0 radical (unpaired) electrons. The quantitative estimate of drug-likeness (QED) is 0.635. The molecule has 1 saturated carbocycles. The summed E-state index contributed by atoms with van der Waals surface area (Å²) in [5.41, 5.74) is 3.31. The summed E-state index contributed by atoms with van der Waals surface area (Å²) in [4.78, 5) is 27.8. The second-order valence-electron chi connectivity index (χ2n) is 7.19. The number of rotatable bonds is 1. The van der Waals surface area contributed by atoms with Crippen LogP contribution in [0.2, 0.25) is 0 Å². The predicted octanol–water partition coefficient (Wildman–Crippen LogP) is 3.23. The number of nitriles is 1. The molecule has 1 aliphatic carbocycles. The number of fused-ring (bicyclic) bond motifs is 5. The predicted molar refractivity (Wildman–Crippen MR) is 96.0 cm³/mol. The van der Waals surface area contributed by atoms with Crippen LogP contribution in [0, 0.1) is 11.3 Å². The molecule has 0 N–H and O–H groups in total. The molecule has 1 fully saturated rings. The summed E-state index contributed by atoms with van der Waals surface area (Å²) in [6, 6.07) is 9.84. The number of carbonyl (C=O) groups excluding carboxylic acids is 2. The summed E-state index contributed by atoms with van der Waals surface area (Å²) < 4.78 is 3.68. The molecule has 2 amide bonds. The van der Waals surface area contributed by atoms with Gasteiger partial charge in [-0.3, -0.25) is 18.9 Å². The fraction of sp³-hybridized carbons (Fsp3) is 0.350. The second kappa shape index (κ2) is 5.21. The Kier molecular flexibility index (Phi) is 3.05. The molecule has 0 spiro atoms. The minimum atomic E-state index is -0.304. The first-order valence-electron chi connectivity index (χ1n) is 9.05. The maximum absolute atomic E-state index is 13.3. The van der Waals surface area contributed by atoms with E-state index in [0.29, 0.717) is 16.9 Å². The molecule has 0 saturated heterocycles. The lowest BCUT2D eigenvalue weighted by molar-refractivity contribution is 0.0545. The fourth-order valence-electron chi connectivity index (χ4n) is 4.68. The van der Waals surface area contributed by atoms with Gasteiger partial charge in [-0.15, -0.1) is 0 Å². The molecule has 0 atom stereocenters. The Hall–Kier alpha value is -3.07. The van der Waals surface area contributed by atoms with Crippen molar-refractivity contribution >= 4 is 28.5 Å². The van der Waals surface area contributed by atoms with Crippen LogP contribution >= 0.6 is 0 Å². The summed E-state index contributed by atoms with van der Waals surface area (Å²) in [6.07, 6.45) is 4.93. The van der Waals surface area contributed by atoms with Gasteiger partial charge in [0.15, 0.2) is 0 Å². The number of carbonyl (C=O) groups is 2. The van der Waals surface area contributed by atoms with Crippen molar-refractivity contribution in [3.05, 3.63) is 41.1 Å². The van der Waals surface area contributed by atoms with Crippen LogP contribution in [-0.2, 0) is 7.05 Å². The Labute approximate surface area is 150 Å². The van der Waals surface area contributed by atoms with Gasteiger partial charge in [0.1, 0.15) is 23.0 Å². The number of para-hydroxylation sites is 2. The van der Waals surface area contributed by atoms with Crippen molar-refractivity contribution in [2.75, 3.05) is 0 Å². The number of hydrogen-bond acceptors (Lipinski definition) is 3. The van der Waals surface area contributed by atoms with Crippen molar-refractivity contribution < 1.29 is 9.59 Å². The zero-order valence-corrected chi connectivity index (χ0v) is 14.5. The molecule has 130 valence electrons. The van der Waals surface area contributed by atoms with E-state index in [-0.39, 0.29) is 23.4 Å². The van der Waals surface area contributed by atoms with Gasteiger partial charge in [0.05, 0.1) is 16.6 Å². The highest BCUT2D eigenvalue weighted by Gasteiger charge is 2.46. The normalized spacial score (nSPS) is 18.1. The highest BCUT2D eigenvalue weighted by molar-refractivity contribution is 6.24. The number of aryl methyl sites for hydroxylation is 1. The first-order chi connectivity index (χ1) is 12.6. The lowest BCUT2D eigenvalue weighted by Crippen LogP contribution is -2.41. The van der Waals surface area contributed by atoms with E-state index in [0.717, 1.165) is 43.1 Å². The monoisotopic (exact) mass is 346 g/mol. The maximum Gasteiger partial charge on any atom is 0.278 e. The number of imide groups is 1. The van der Waals surface area contributed by atoms with Crippen LogP contribution in [0.1, 0.15) is 58.5 Å². The van der Waals surface area contributed by atoms with Gasteiger partial charge in [-0.2, -0.15) is 5.26 Å². The highest BCUT2D eigenvalue weighted by Crippen LogP contribution is 2.37. The molecule has 0 unspecified atom stereocenters. The van der Waals surface area contributed by atoms with Crippen LogP contribution in [0.3, 0.4) is 0 Å². The molecule has 2 aromatic heterocycles. The summed E-state index contributed by atoms with van der Waals surface area (Å²) in [5.74, 6) is -0.564. The average Bonchev–Trinajstić information content (AvgIpc) is 3.24. The smallest absolute Gasteiger partial charge is 0.278 e. The van der Waals surface area contributed by atoms with Gasteiger partial charge in [0.25, 0.3) is 11.8 Å². The van der Waals surface area contributed by atoms with Crippen molar-refractivity contribution in [3.8, 4) is 6.07 Å². The van der Waals surface area contributed by atoms with Crippen molar-refractivity contribution in [2.45, 2.75) is 38.1 Å². The van der Waals surface area contributed by atoms with Crippen LogP contribution in [0.15, 0.2) is 24.3 Å². The number of aromatic nitrogens is 2. The van der Waals surface area contributed by atoms with E-state index in [2.05, 4.69) is 6.07 Å². The van der Waals surface area contributed by atoms with Crippen LogP contribution < -0.4 is 0 Å². The number of imidazole rings is 1. The SMILES string of the molecule is Cn1c2ccccc2n2c3c(c(C#N)c12)C(=O)N(C1CCCCC1)C3=O. The van der Waals surface area contributed by atoms with Gasteiger partial charge in [0, 0.05) is 13.1 Å². The molecule has 2 aliphatic rings. The Morgan fingerprint density at radius 2 is 1.73 bits per heavy atom. The van der Waals surface area contributed by atoms with E-state index in [1.54, 1.807) is 4.40 Å². The van der Waals surface area contributed by atoms with Crippen molar-refractivity contribution in [2.24, 2.45) is 7.05 Å². The van der Waals surface area contributed by atoms with Crippen molar-refractivity contribution in [1.82, 2.24) is 13.9 Å². The Balaban J connectivity index is 1.81. The topological polar surface area (TPSA) is 70.5 Å². The second-order valence-corrected chi connectivity index (χ2v) is 7.19. The van der Waals surface area contributed by atoms with E-state index in [4.69, 9.17) is 0 Å². The highest BCUT2D eigenvalue weighted by atomic mass is 16.2. The summed E-state index contributed by atoms with van der Waals surface area (Å²) in [5, 5.41) is 9.78. The molecule has 0 bridgehead atoms. The van der Waals surface area contributed by atoms with E-state index < -0.39 is 0 Å². The molecule has 26 heavy (non-hydrogen) atoms. The Bertz CT molecular complexity index is 1140. The molecular weight excluding hydrogens is 328 g/mol. The average molecular weight is 346 g/mol. The third-order valence-corrected chi connectivity index (χ3v) is 5.85. The van der Waals surface area contributed by atoms with E-state index >= 15 is 0 Å². The molecule has 1 aliphatic heterocycles. The third kappa shape index (κ3) is 1.70. The van der Waals surface area contributed by atoms with Gasteiger partial charge >= 0.3 is 0 Å².